The number of methoxy groups -OCH3 is 2. The number of nitrogens with zero attached hydrogens (tertiary/aromatic N) is 2. The van der Waals surface area contributed by atoms with Gasteiger partial charge in [-0.15, -0.1) is 0 Å². The maximum atomic E-state index is 14.4. The number of likely N-dealkylation sites (tertiary alicyclic amines) is 2. The molecule has 2 spiro atoms. The standard InChI is InChI=1S/C50H66N4O16/c1-25(2)41(51-47(63)65-9)43(57)53-35(45(59)60)23-49(67-27(5)19-28(6)68-49)39(53)21-37(55)33-15-11-31(12-16-33)32-13-17-34(18-14-32)38(56)22-40-50(69-29(7)20-30(8)70-50)24-36(46(61)62)54(40)44(58)42(26(3)4)52-48(64)66-10/h11-18,25-30,35-36,39-42H,19-24H2,1-10H3,(H,51,63)(H,52,64)(H,59,60)(H,61,62)/t27-,28-,29-,30-,35-,36?,39?,40?,41-,42-/m0/s1. The number of amides is 4. The van der Waals surface area contributed by atoms with Crippen molar-refractivity contribution in [3.05, 3.63) is 59.7 Å². The lowest BCUT2D eigenvalue weighted by Crippen LogP contribution is -2.60. The number of benzene rings is 2. The number of rotatable bonds is 15. The monoisotopic (exact) mass is 978 g/mol. The zero-order valence-corrected chi connectivity index (χ0v) is 41.3. The molecule has 4 heterocycles. The highest BCUT2D eigenvalue weighted by Gasteiger charge is 2.63. The second-order valence-electron chi connectivity index (χ2n) is 19.6. The van der Waals surface area contributed by atoms with Crippen LogP contribution in [0.4, 0.5) is 9.59 Å². The van der Waals surface area contributed by atoms with Crippen molar-refractivity contribution in [2.45, 2.75) is 166 Å². The van der Waals surface area contributed by atoms with E-state index in [1.165, 1.54) is 0 Å². The molecule has 382 valence electrons. The minimum Gasteiger partial charge on any atom is -0.480 e. The molecule has 0 bridgehead atoms. The predicted octanol–water partition coefficient (Wildman–Crippen LogP) is 5.19. The van der Waals surface area contributed by atoms with Crippen LogP contribution < -0.4 is 10.6 Å². The molecule has 4 fully saturated rings. The number of aliphatic carboxylic acids is 2. The van der Waals surface area contributed by atoms with Gasteiger partial charge in [-0.25, -0.2) is 19.2 Å². The van der Waals surface area contributed by atoms with E-state index in [1.807, 2.05) is 27.7 Å². The average Bonchev–Trinajstić information content (AvgIpc) is 3.76. The van der Waals surface area contributed by atoms with E-state index < -0.39 is 132 Å². The molecule has 3 unspecified atom stereocenters. The fraction of sp³-hybridized carbons (Fsp3) is 0.600. The first-order chi connectivity index (χ1) is 32.9. The molecule has 2 aromatic carbocycles. The first kappa shape index (κ1) is 53.4. The van der Waals surface area contributed by atoms with Crippen LogP contribution in [0, 0.1) is 11.8 Å². The second-order valence-corrected chi connectivity index (χ2v) is 19.6. The van der Waals surface area contributed by atoms with E-state index in [9.17, 15) is 48.6 Å². The number of hydrogen-bond acceptors (Lipinski definition) is 14. The summed E-state index contributed by atoms with van der Waals surface area (Å²) in [6, 6.07) is 5.52. The van der Waals surface area contributed by atoms with Crippen LogP contribution in [-0.4, -0.2) is 154 Å². The fourth-order valence-electron chi connectivity index (χ4n) is 10.5. The molecule has 4 N–H and O–H groups in total. The Balaban J connectivity index is 1.25. The predicted molar refractivity (Wildman–Crippen MR) is 248 cm³/mol. The molecule has 0 saturated carbocycles. The summed E-state index contributed by atoms with van der Waals surface area (Å²) in [5, 5.41) is 25.9. The molecule has 10 atom stereocenters. The third-order valence-corrected chi connectivity index (χ3v) is 13.6. The summed E-state index contributed by atoms with van der Waals surface area (Å²) < 4.78 is 34.9. The third-order valence-electron chi connectivity index (χ3n) is 13.6. The number of carboxylic acid groups (broad SMARTS) is 2. The van der Waals surface area contributed by atoms with Gasteiger partial charge in [-0.2, -0.15) is 0 Å². The van der Waals surface area contributed by atoms with Crippen molar-refractivity contribution in [2.75, 3.05) is 14.2 Å². The van der Waals surface area contributed by atoms with Gasteiger partial charge < -0.3 is 59.1 Å². The Hall–Kier alpha value is -5.96. The Kier molecular flexibility index (Phi) is 16.5. The number of carbonyl (C=O) groups excluding carboxylic acids is 6. The molecule has 2 aromatic rings. The molecule has 70 heavy (non-hydrogen) atoms. The number of ether oxygens (including phenoxy) is 6. The first-order valence-electron chi connectivity index (χ1n) is 23.7. The molecular weight excluding hydrogens is 913 g/mol. The van der Waals surface area contributed by atoms with Crippen LogP contribution in [0.5, 0.6) is 0 Å². The van der Waals surface area contributed by atoms with Gasteiger partial charge in [0.15, 0.2) is 23.1 Å². The van der Waals surface area contributed by atoms with Crippen molar-refractivity contribution < 1.29 is 77.0 Å². The summed E-state index contributed by atoms with van der Waals surface area (Å²) in [4.78, 5) is 110. The Labute approximate surface area is 407 Å². The van der Waals surface area contributed by atoms with Crippen molar-refractivity contribution in [1.82, 2.24) is 20.4 Å². The van der Waals surface area contributed by atoms with E-state index in [-0.39, 0.29) is 36.8 Å². The largest absolute Gasteiger partial charge is 0.480 e. The Morgan fingerprint density at radius 2 is 0.871 bits per heavy atom. The number of Topliss-reactive ketones (excluding diaryl/α,β-unsaturated/α-hetero) is 2. The number of hydrogen-bond donors (Lipinski definition) is 4. The third kappa shape index (κ3) is 11.1. The van der Waals surface area contributed by atoms with Gasteiger partial charge in [0.25, 0.3) is 0 Å². The van der Waals surface area contributed by atoms with Crippen molar-refractivity contribution >= 4 is 47.5 Å². The summed E-state index contributed by atoms with van der Waals surface area (Å²) in [5.74, 6) is -9.27. The number of alkyl carbamates (subject to hydrolysis) is 2. The highest BCUT2D eigenvalue weighted by atomic mass is 16.7. The van der Waals surface area contributed by atoms with E-state index >= 15 is 0 Å². The van der Waals surface area contributed by atoms with Crippen molar-refractivity contribution in [3.8, 4) is 11.1 Å². The van der Waals surface area contributed by atoms with Gasteiger partial charge in [-0.1, -0.05) is 76.2 Å². The minimum absolute atomic E-state index is 0.253. The van der Waals surface area contributed by atoms with Gasteiger partial charge in [0.1, 0.15) is 24.2 Å². The smallest absolute Gasteiger partial charge is 0.407 e. The van der Waals surface area contributed by atoms with E-state index in [0.717, 1.165) is 24.0 Å². The maximum absolute atomic E-state index is 14.4. The van der Waals surface area contributed by atoms with Crippen LogP contribution in [0.15, 0.2) is 48.5 Å². The van der Waals surface area contributed by atoms with Gasteiger partial charge in [0, 0.05) is 36.8 Å². The average molecular weight is 979 g/mol. The normalized spacial score (nSPS) is 29.4. The first-order valence-corrected chi connectivity index (χ1v) is 23.7. The zero-order valence-electron chi connectivity index (χ0n) is 41.3. The molecule has 4 saturated heterocycles. The molecule has 20 nitrogen and oxygen atoms in total. The van der Waals surface area contributed by atoms with E-state index in [1.54, 1.807) is 76.2 Å². The zero-order chi connectivity index (χ0) is 51.6. The summed E-state index contributed by atoms with van der Waals surface area (Å²) in [5.41, 5.74) is 1.85. The lowest BCUT2D eigenvalue weighted by Gasteiger charge is -2.45. The van der Waals surface area contributed by atoms with Crippen molar-refractivity contribution in [2.24, 2.45) is 11.8 Å². The Morgan fingerprint density at radius 1 is 0.571 bits per heavy atom. The van der Waals surface area contributed by atoms with E-state index in [0.29, 0.717) is 24.0 Å². The molecular formula is C50H66N4O16. The molecule has 6 rings (SSSR count). The molecule has 4 amide bonds. The fourth-order valence-corrected chi connectivity index (χ4v) is 10.5. The summed E-state index contributed by atoms with van der Waals surface area (Å²) in [6.45, 7) is 14.0. The highest BCUT2D eigenvalue weighted by molar-refractivity contribution is 5.99. The van der Waals surface area contributed by atoms with Crippen LogP contribution in [0.2, 0.25) is 0 Å². The molecule has 4 aliphatic heterocycles. The van der Waals surface area contributed by atoms with Crippen molar-refractivity contribution in [1.29, 1.82) is 0 Å². The molecule has 0 radical (unpaired) electrons. The summed E-state index contributed by atoms with van der Waals surface area (Å²) >= 11 is 0. The highest BCUT2D eigenvalue weighted by Crippen LogP contribution is 2.47. The topological polar surface area (TPSA) is 263 Å². The lowest BCUT2D eigenvalue weighted by atomic mass is 9.93. The van der Waals surface area contributed by atoms with E-state index in [4.69, 9.17) is 28.4 Å². The van der Waals surface area contributed by atoms with Crippen LogP contribution in [0.1, 0.15) is 115 Å². The van der Waals surface area contributed by atoms with Crippen LogP contribution in [0.25, 0.3) is 11.1 Å². The number of carbonyl (C=O) groups is 8. The van der Waals surface area contributed by atoms with Crippen LogP contribution in [0.3, 0.4) is 0 Å². The molecule has 20 heteroatoms. The Bertz CT molecular complexity index is 2120. The summed E-state index contributed by atoms with van der Waals surface area (Å²) in [7, 11) is 2.29. The molecule has 4 aliphatic rings. The summed E-state index contributed by atoms with van der Waals surface area (Å²) in [6.07, 6.45) is -3.61. The van der Waals surface area contributed by atoms with Crippen LogP contribution in [-0.2, 0) is 47.6 Å². The quantitative estimate of drug-likeness (QED) is 0.167. The lowest BCUT2D eigenvalue weighted by molar-refractivity contribution is -0.318. The van der Waals surface area contributed by atoms with Gasteiger partial charge in [0.05, 0.1) is 50.7 Å². The number of carboxylic acids is 2. The van der Waals surface area contributed by atoms with Gasteiger partial charge >= 0.3 is 24.1 Å². The van der Waals surface area contributed by atoms with Gasteiger partial charge in [-0.3, -0.25) is 19.2 Å². The minimum atomic E-state index is -1.65. The maximum Gasteiger partial charge on any atom is 0.407 e. The van der Waals surface area contributed by atoms with Gasteiger partial charge in [0.2, 0.25) is 11.8 Å². The Morgan fingerprint density at radius 3 is 1.13 bits per heavy atom. The van der Waals surface area contributed by atoms with Crippen molar-refractivity contribution in [3.63, 3.8) is 0 Å². The second kappa shape index (κ2) is 21.6. The van der Waals surface area contributed by atoms with Crippen LogP contribution >= 0.6 is 0 Å². The van der Waals surface area contributed by atoms with Gasteiger partial charge in [-0.05, 0) is 63.5 Å². The van der Waals surface area contributed by atoms with E-state index in [2.05, 4.69) is 10.6 Å². The number of nitrogens with one attached hydrogen (secondary N) is 2. The molecule has 0 aromatic heterocycles. The number of ketones is 2. The SMILES string of the molecule is COC(=O)N[C@H](C(=O)N1C(C(=O)O)CC2(O[C@@H](C)C[C@H](C)O2)C1CC(=O)c1ccc(-c2ccc(C(=O)CC3N(C(=O)[C@@H](NC(=O)OC)C(C)C)[C@H](C(=O)O)CC34O[C@@H](C)C[C@H](C)O4)cc2)cc1)C(C)C. The molecule has 0 aliphatic carbocycles.